The lowest BCUT2D eigenvalue weighted by molar-refractivity contribution is -0.0328. The van der Waals surface area contributed by atoms with Crippen LogP contribution < -0.4 is 5.32 Å². The molecule has 1 atom stereocenters. The number of phenols is 1. The molecular formula is C13H16F4N2OS. The number of hydrogen-bond donors (Lipinski definition) is 2. The van der Waals surface area contributed by atoms with Crippen molar-refractivity contribution in [3.8, 4) is 5.75 Å². The van der Waals surface area contributed by atoms with Crippen LogP contribution >= 0.6 is 11.8 Å². The highest BCUT2D eigenvalue weighted by Crippen LogP contribution is 2.40. The van der Waals surface area contributed by atoms with Gasteiger partial charge in [-0.25, -0.2) is 4.39 Å². The van der Waals surface area contributed by atoms with Crippen LogP contribution in [0.2, 0.25) is 0 Å². The van der Waals surface area contributed by atoms with Crippen LogP contribution in [0, 0.1) is 0 Å². The fraction of sp³-hybridized carbons (Fsp3) is 0.538. The van der Waals surface area contributed by atoms with E-state index >= 15 is 0 Å². The van der Waals surface area contributed by atoms with E-state index in [1.165, 1.54) is 18.2 Å². The lowest BCUT2D eigenvalue weighted by Crippen LogP contribution is -2.45. The normalized spacial score (nSPS) is 18.7. The Hall–Kier alpha value is -0.990. The zero-order valence-electron chi connectivity index (χ0n) is 11.2. The molecule has 1 fully saturated rings. The molecule has 1 aromatic rings. The molecule has 1 aliphatic rings. The number of nitrogens with one attached hydrogen (secondary N) is 1. The molecule has 0 spiro atoms. The second-order valence-corrected chi connectivity index (χ2v) is 5.86. The maximum absolute atomic E-state index is 13.4. The first-order valence-corrected chi connectivity index (χ1v) is 7.32. The summed E-state index contributed by atoms with van der Waals surface area (Å²) in [6.07, 6.45) is 0. The van der Waals surface area contributed by atoms with Crippen LogP contribution in [0.5, 0.6) is 5.75 Å². The number of nitrogens with zero attached hydrogens (tertiary/aromatic N) is 1. The molecule has 3 nitrogen and oxygen atoms in total. The summed E-state index contributed by atoms with van der Waals surface area (Å²) in [6.45, 7) is 1.80. The second-order valence-electron chi connectivity index (χ2n) is 4.72. The van der Waals surface area contributed by atoms with Gasteiger partial charge in [0, 0.05) is 36.6 Å². The zero-order valence-corrected chi connectivity index (χ0v) is 12.0. The van der Waals surface area contributed by atoms with E-state index in [4.69, 9.17) is 0 Å². The average molecular weight is 324 g/mol. The van der Waals surface area contributed by atoms with E-state index in [2.05, 4.69) is 5.32 Å². The number of aromatic hydroxyl groups is 1. The number of alkyl halides is 4. The van der Waals surface area contributed by atoms with E-state index in [0.717, 1.165) is 0 Å². The van der Waals surface area contributed by atoms with Gasteiger partial charge < -0.3 is 10.4 Å². The minimum absolute atomic E-state index is 0.0520. The van der Waals surface area contributed by atoms with Gasteiger partial charge in [0.25, 0.3) is 0 Å². The quantitative estimate of drug-likeness (QED) is 0.659. The summed E-state index contributed by atoms with van der Waals surface area (Å²) in [5, 5.41) is 13.0. The Morgan fingerprint density at radius 2 is 1.95 bits per heavy atom. The molecule has 1 aromatic carbocycles. The van der Waals surface area contributed by atoms with Crippen molar-refractivity contribution in [2.45, 2.75) is 16.4 Å². The fourth-order valence-electron chi connectivity index (χ4n) is 2.37. The number of thioether (sulfide) groups is 1. The molecule has 0 unspecified atom stereocenters. The Labute approximate surface area is 124 Å². The molecule has 118 valence electrons. The van der Waals surface area contributed by atoms with Gasteiger partial charge in [0.05, 0.1) is 6.04 Å². The number of benzene rings is 1. The van der Waals surface area contributed by atoms with Gasteiger partial charge >= 0.3 is 5.51 Å². The summed E-state index contributed by atoms with van der Waals surface area (Å²) in [7, 11) is 0. The number of phenolic OH excluding ortho intramolecular Hbond substituents is 1. The summed E-state index contributed by atoms with van der Waals surface area (Å²) in [6, 6.07) is 2.87. The molecule has 2 rings (SSSR count). The molecule has 1 aliphatic heterocycles. The van der Waals surface area contributed by atoms with Gasteiger partial charge in [0.2, 0.25) is 0 Å². The standard InChI is InChI=1S/C13H16F4N2OS/c14-8-11(19-5-3-18-4-6-19)10-7-9(1-2-12(10)20)21-13(15,16)17/h1-2,7,11,18,20H,3-6,8H2/t11-/m0/s1. The predicted octanol–water partition coefficient (Wildman–Crippen LogP) is 2.92. The van der Waals surface area contributed by atoms with Gasteiger partial charge in [-0.3, -0.25) is 4.90 Å². The maximum Gasteiger partial charge on any atom is 0.446 e. The second kappa shape index (κ2) is 6.85. The van der Waals surface area contributed by atoms with Crippen molar-refractivity contribution in [3.05, 3.63) is 23.8 Å². The Bertz CT molecular complexity index is 478. The van der Waals surface area contributed by atoms with Crippen LogP contribution in [-0.2, 0) is 0 Å². The molecule has 0 bridgehead atoms. The van der Waals surface area contributed by atoms with Gasteiger partial charge in [-0.05, 0) is 30.0 Å². The third kappa shape index (κ3) is 4.49. The Kier molecular flexibility index (Phi) is 5.34. The highest BCUT2D eigenvalue weighted by Gasteiger charge is 2.31. The first-order valence-electron chi connectivity index (χ1n) is 6.50. The topological polar surface area (TPSA) is 35.5 Å². The molecule has 0 aromatic heterocycles. The first kappa shape index (κ1) is 16.4. The number of rotatable bonds is 4. The predicted molar refractivity (Wildman–Crippen MR) is 73.2 cm³/mol. The minimum atomic E-state index is -4.41. The molecule has 0 amide bonds. The Morgan fingerprint density at radius 1 is 1.29 bits per heavy atom. The van der Waals surface area contributed by atoms with E-state index in [1.807, 2.05) is 4.90 Å². The fourth-order valence-corrected chi connectivity index (χ4v) is 2.96. The van der Waals surface area contributed by atoms with Crippen LogP contribution in [0.4, 0.5) is 17.6 Å². The third-order valence-electron chi connectivity index (χ3n) is 3.33. The van der Waals surface area contributed by atoms with E-state index < -0.39 is 18.2 Å². The molecule has 21 heavy (non-hydrogen) atoms. The molecule has 1 saturated heterocycles. The molecule has 0 radical (unpaired) electrons. The minimum Gasteiger partial charge on any atom is -0.508 e. The third-order valence-corrected chi connectivity index (χ3v) is 4.05. The lowest BCUT2D eigenvalue weighted by Gasteiger charge is -2.34. The van der Waals surface area contributed by atoms with E-state index in [1.54, 1.807) is 0 Å². The molecule has 0 saturated carbocycles. The zero-order chi connectivity index (χ0) is 15.5. The SMILES string of the molecule is Oc1ccc(SC(F)(F)F)cc1[C@H](CF)N1CCNCC1. The maximum atomic E-state index is 13.4. The molecular weight excluding hydrogens is 308 g/mol. The van der Waals surface area contributed by atoms with Crippen molar-refractivity contribution in [3.63, 3.8) is 0 Å². The van der Waals surface area contributed by atoms with Crippen molar-refractivity contribution in [2.24, 2.45) is 0 Å². The Balaban J connectivity index is 2.24. The van der Waals surface area contributed by atoms with E-state index in [-0.39, 0.29) is 28.0 Å². The number of hydrogen-bond acceptors (Lipinski definition) is 4. The molecule has 0 aliphatic carbocycles. The highest BCUT2D eigenvalue weighted by molar-refractivity contribution is 8.00. The molecule has 8 heteroatoms. The van der Waals surface area contributed by atoms with Crippen molar-refractivity contribution in [2.75, 3.05) is 32.9 Å². The largest absolute Gasteiger partial charge is 0.508 e. The average Bonchev–Trinajstić information content (AvgIpc) is 2.43. The Morgan fingerprint density at radius 3 is 2.52 bits per heavy atom. The molecule has 2 N–H and O–H groups in total. The van der Waals surface area contributed by atoms with Gasteiger partial charge in [-0.1, -0.05) is 0 Å². The van der Waals surface area contributed by atoms with Crippen LogP contribution in [-0.4, -0.2) is 48.4 Å². The van der Waals surface area contributed by atoms with Crippen LogP contribution in [0.3, 0.4) is 0 Å². The monoisotopic (exact) mass is 324 g/mol. The first-order chi connectivity index (χ1) is 9.90. The summed E-state index contributed by atoms with van der Waals surface area (Å²) < 4.78 is 50.6. The summed E-state index contributed by atoms with van der Waals surface area (Å²) >= 11 is -0.266. The van der Waals surface area contributed by atoms with Crippen molar-refractivity contribution < 1.29 is 22.7 Å². The molecule has 1 heterocycles. The smallest absolute Gasteiger partial charge is 0.446 e. The van der Waals surface area contributed by atoms with Crippen LogP contribution in [0.1, 0.15) is 11.6 Å². The van der Waals surface area contributed by atoms with Gasteiger partial charge in [0.15, 0.2) is 0 Å². The number of piperazine rings is 1. The summed E-state index contributed by atoms with van der Waals surface area (Å²) in [4.78, 5) is 1.78. The summed E-state index contributed by atoms with van der Waals surface area (Å²) in [5.74, 6) is -0.178. The van der Waals surface area contributed by atoms with E-state index in [0.29, 0.717) is 26.2 Å². The van der Waals surface area contributed by atoms with Crippen LogP contribution in [0.25, 0.3) is 0 Å². The lowest BCUT2D eigenvalue weighted by atomic mass is 10.0. The van der Waals surface area contributed by atoms with E-state index in [9.17, 15) is 22.7 Å². The van der Waals surface area contributed by atoms with Crippen LogP contribution in [0.15, 0.2) is 23.1 Å². The van der Waals surface area contributed by atoms with Crippen molar-refractivity contribution in [1.82, 2.24) is 10.2 Å². The van der Waals surface area contributed by atoms with Crippen molar-refractivity contribution >= 4 is 11.8 Å². The highest BCUT2D eigenvalue weighted by atomic mass is 32.2. The van der Waals surface area contributed by atoms with Crippen molar-refractivity contribution in [1.29, 1.82) is 0 Å². The van der Waals surface area contributed by atoms with Gasteiger partial charge in [0.1, 0.15) is 12.4 Å². The summed E-state index contributed by atoms with van der Waals surface area (Å²) in [5.41, 5.74) is -4.21. The number of halogens is 4. The van der Waals surface area contributed by atoms with Gasteiger partial charge in [-0.15, -0.1) is 0 Å². The van der Waals surface area contributed by atoms with Gasteiger partial charge in [-0.2, -0.15) is 13.2 Å².